The summed E-state index contributed by atoms with van der Waals surface area (Å²) in [4.78, 5) is 26.1. The SMILES string of the molecule is O=C(O)C1CN(C(=O)CC2CCc3ccccc3C2)c2ccccc21. The van der Waals surface area contributed by atoms with Crippen molar-refractivity contribution in [3.63, 3.8) is 0 Å². The van der Waals surface area contributed by atoms with E-state index in [0.717, 1.165) is 30.5 Å². The van der Waals surface area contributed by atoms with E-state index < -0.39 is 11.9 Å². The fourth-order valence-corrected chi connectivity index (χ4v) is 4.16. The van der Waals surface area contributed by atoms with Gasteiger partial charge >= 0.3 is 5.97 Å². The Hall–Kier alpha value is -2.62. The first-order chi connectivity index (χ1) is 12.1. The van der Waals surface area contributed by atoms with Crippen molar-refractivity contribution in [3.8, 4) is 0 Å². The molecule has 0 saturated carbocycles. The molecule has 128 valence electrons. The van der Waals surface area contributed by atoms with Crippen LogP contribution in [-0.4, -0.2) is 23.5 Å². The first kappa shape index (κ1) is 15.9. The predicted octanol–water partition coefficient (Wildman–Crippen LogP) is 3.40. The van der Waals surface area contributed by atoms with E-state index in [1.54, 1.807) is 4.90 Å². The Morgan fingerprint density at radius 2 is 1.76 bits per heavy atom. The Morgan fingerprint density at radius 1 is 1.04 bits per heavy atom. The minimum absolute atomic E-state index is 0.0422. The molecular weight excluding hydrogens is 314 g/mol. The average Bonchev–Trinajstić information content (AvgIpc) is 3.02. The van der Waals surface area contributed by atoms with Crippen LogP contribution in [0.5, 0.6) is 0 Å². The smallest absolute Gasteiger partial charge is 0.312 e. The molecule has 4 nitrogen and oxygen atoms in total. The number of carboxylic acid groups (broad SMARTS) is 1. The van der Waals surface area contributed by atoms with Crippen molar-refractivity contribution >= 4 is 17.6 Å². The maximum atomic E-state index is 12.9. The van der Waals surface area contributed by atoms with Gasteiger partial charge in [-0.3, -0.25) is 9.59 Å². The number of carboxylic acids is 1. The first-order valence-electron chi connectivity index (χ1n) is 8.82. The summed E-state index contributed by atoms with van der Waals surface area (Å²) in [5.41, 5.74) is 4.24. The molecule has 2 aliphatic rings. The number of hydrogen-bond donors (Lipinski definition) is 1. The van der Waals surface area contributed by atoms with E-state index in [2.05, 4.69) is 24.3 Å². The van der Waals surface area contributed by atoms with Crippen molar-refractivity contribution in [2.75, 3.05) is 11.4 Å². The summed E-state index contributed by atoms with van der Waals surface area (Å²) in [6.45, 7) is 0.247. The van der Waals surface area contributed by atoms with Gasteiger partial charge in [-0.25, -0.2) is 0 Å². The van der Waals surface area contributed by atoms with Gasteiger partial charge in [0.05, 0.1) is 0 Å². The number of benzene rings is 2. The van der Waals surface area contributed by atoms with Crippen LogP contribution in [0.15, 0.2) is 48.5 Å². The zero-order valence-electron chi connectivity index (χ0n) is 14.0. The molecule has 4 rings (SSSR count). The fourth-order valence-electron chi connectivity index (χ4n) is 4.16. The molecule has 1 N–H and O–H groups in total. The van der Waals surface area contributed by atoms with Gasteiger partial charge in [-0.1, -0.05) is 42.5 Å². The van der Waals surface area contributed by atoms with Crippen LogP contribution in [0.1, 0.15) is 35.4 Å². The predicted molar refractivity (Wildman–Crippen MR) is 95.7 cm³/mol. The third-order valence-electron chi connectivity index (χ3n) is 5.48. The normalized spacial score (nSPS) is 21.5. The number of hydrogen-bond acceptors (Lipinski definition) is 2. The maximum Gasteiger partial charge on any atom is 0.312 e. The van der Waals surface area contributed by atoms with Crippen LogP contribution in [0.25, 0.3) is 0 Å². The van der Waals surface area contributed by atoms with Gasteiger partial charge in [0.2, 0.25) is 5.91 Å². The molecule has 1 amide bonds. The molecule has 25 heavy (non-hydrogen) atoms. The lowest BCUT2D eigenvalue weighted by atomic mass is 9.82. The molecule has 1 heterocycles. The van der Waals surface area contributed by atoms with Crippen molar-refractivity contribution in [1.82, 2.24) is 0 Å². The van der Waals surface area contributed by atoms with Crippen molar-refractivity contribution < 1.29 is 14.7 Å². The Balaban J connectivity index is 1.50. The molecule has 4 heteroatoms. The molecule has 2 unspecified atom stereocenters. The summed E-state index contributed by atoms with van der Waals surface area (Å²) in [6.07, 6.45) is 3.44. The number of aryl methyl sites for hydroxylation is 1. The summed E-state index contributed by atoms with van der Waals surface area (Å²) in [6, 6.07) is 15.8. The number of anilines is 1. The maximum absolute atomic E-state index is 12.9. The van der Waals surface area contributed by atoms with Crippen LogP contribution >= 0.6 is 0 Å². The van der Waals surface area contributed by atoms with Gasteiger partial charge in [0, 0.05) is 18.7 Å². The second-order valence-corrected chi connectivity index (χ2v) is 7.04. The standard InChI is InChI=1S/C21H21NO3/c23-20(12-14-9-10-15-5-1-2-6-16(15)11-14)22-13-18(21(24)25)17-7-3-4-8-19(17)22/h1-8,14,18H,9-13H2,(H,24,25). The van der Waals surface area contributed by atoms with E-state index in [0.29, 0.717) is 12.3 Å². The molecule has 0 bridgehead atoms. The van der Waals surface area contributed by atoms with Crippen LogP contribution in [-0.2, 0) is 22.4 Å². The second kappa shape index (κ2) is 6.36. The van der Waals surface area contributed by atoms with Gasteiger partial charge in [-0.2, -0.15) is 0 Å². The van der Waals surface area contributed by atoms with Crippen molar-refractivity contribution in [2.45, 2.75) is 31.6 Å². The minimum Gasteiger partial charge on any atom is -0.481 e. The molecule has 0 spiro atoms. The molecule has 2 aromatic carbocycles. The van der Waals surface area contributed by atoms with Gasteiger partial charge in [-0.15, -0.1) is 0 Å². The monoisotopic (exact) mass is 335 g/mol. The van der Waals surface area contributed by atoms with E-state index >= 15 is 0 Å². The van der Waals surface area contributed by atoms with E-state index in [1.165, 1.54) is 11.1 Å². The van der Waals surface area contributed by atoms with Crippen molar-refractivity contribution in [3.05, 3.63) is 65.2 Å². The van der Waals surface area contributed by atoms with E-state index in [4.69, 9.17) is 0 Å². The summed E-state index contributed by atoms with van der Waals surface area (Å²) >= 11 is 0. The minimum atomic E-state index is -0.866. The number of amides is 1. The number of fused-ring (bicyclic) bond motifs is 2. The zero-order chi connectivity index (χ0) is 17.4. The summed E-state index contributed by atoms with van der Waals surface area (Å²) in [5, 5.41) is 9.45. The number of nitrogens with zero attached hydrogens (tertiary/aromatic N) is 1. The lowest BCUT2D eigenvalue weighted by molar-refractivity contribution is -0.138. The molecule has 2 atom stereocenters. The zero-order valence-corrected chi connectivity index (χ0v) is 14.0. The van der Waals surface area contributed by atoms with Gasteiger partial charge in [0.15, 0.2) is 0 Å². The van der Waals surface area contributed by atoms with Crippen molar-refractivity contribution in [1.29, 1.82) is 0 Å². The fraction of sp³-hybridized carbons (Fsp3) is 0.333. The molecule has 1 aliphatic heterocycles. The highest BCUT2D eigenvalue weighted by Crippen LogP contribution is 2.37. The third kappa shape index (κ3) is 2.93. The number of carbonyl (C=O) groups excluding carboxylic acids is 1. The van der Waals surface area contributed by atoms with Crippen LogP contribution in [0, 0.1) is 5.92 Å². The van der Waals surface area contributed by atoms with Gasteiger partial charge in [0.1, 0.15) is 5.92 Å². The molecule has 1 aliphatic carbocycles. The number of aliphatic carboxylic acids is 1. The van der Waals surface area contributed by atoms with Crippen LogP contribution in [0.2, 0.25) is 0 Å². The largest absolute Gasteiger partial charge is 0.481 e. The van der Waals surface area contributed by atoms with E-state index in [9.17, 15) is 14.7 Å². The lowest BCUT2D eigenvalue weighted by Gasteiger charge is -2.26. The number of para-hydroxylation sites is 1. The summed E-state index contributed by atoms with van der Waals surface area (Å²) in [5.74, 6) is -1.11. The molecule has 0 radical (unpaired) electrons. The Labute approximate surface area is 147 Å². The average molecular weight is 335 g/mol. The lowest BCUT2D eigenvalue weighted by Crippen LogP contribution is -2.33. The van der Waals surface area contributed by atoms with Gasteiger partial charge in [0.25, 0.3) is 0 Å². The van der Waals surface area contributed by atoms with Gasteiger partial charge in [-0.05, 0) is 47.9 Å². The Kier molecular flexibility index (Phi) is 4.04. The topological polar surface area (TPSA) is 57.6 Å². The highest BCUT2D eigenvalue weighted by atomic mass is 16.4. The van der Waals surface area contributed by atoms with E-state index in [-0.39, 0.29) is 12.5 Å². The third-order valence-corrected chi connectivity index (χ3v) is 5.48. The van der Waals surface area contributed by atoms with Gasteiger partial charge < -0.3 is 10.0 Å². The van der Waals surface area contributed by atoms with Crippen LogP contribution in [0.4, 0.5) is 5.69 Å². The quantitative estimate of drug-likeness (QED) is 0.935. The molecular formula is C21H21NO3. The second-order valence-electron chi connectivity index (χ2n) is 7.04. The molecule has 0 fully saturated rings. The Bertz CT molecular complexity index is 829. The highest BCUT2D eigenvalue weighted by molar-refractivity contribution is 5.99. The van der Waals surface area contributed by atoms with E-state index in [1.807, 2.05) is 24.3 Å². The number of rotatable bonds is 3. The molecule has 2 aromatic rings. The first-order valence-corrected chi connectivity index (χ1v) is 8.82. The molecule has 0 aromatic heterocycles. The number of carbonyl (C=O) groups is 2. The highest BCUT2D eigenvalue weighted by Gasteiger charge is 2.36. The van der Waals surface area contributed by atoms with Crippen LogP contribution in [0.3, 0.4) is 0 Å². The summed E-state index contributed by atoms with van der Waals surface area (Å²) in [7, 11) is 0. The molecule has 0 saturated heterocycles. The Morgan fingerprint density at radius 3 is 2.56 bits per heavy atom. The summed E-state index contributed by atoms with van der Waals surface area (Å²) < 4.78 is 0. The van der Waals surface area contributed by atoms with Crippen molar-refractivity contribution in [2.24, 2.45) is 5.92 Å². The van der Waals surface area contributed by atoms with Crippen LogP contribution < -0.4 is 4.90 Å².